The zero-order valence-electron chi connectivity index (χ0n) is 8.38. The van der Waals surface area contributed by atoms with E-state index in [-0.39, 0.29) is 0 Å². The largest absolute Gasteiger partial charge is 0.378 e. The van der Waals surface area contributed by atoms with Gasteiger partial charge in [-0.25, -0.2) is 0 Å². The Kier molecular flexibility index (Phi) is 3.50. The van der Waals surface area contributed by atoms with Crippen LogP contribution in [-0.2, 0) is 9.47 Å². The van der Waals surface area contributed by atoms with Crippen molar-refractivity contribution in [2.75, 3.05) is 47.5 Å². The van der Waals surface area contributed by atoms with Gasteiger partial charge in [0.05, 0.1) is 47.5 Å². The normalized spacial score (nSPS) is 22.8. The topological polar surface area (TPSA) is 21.8 Å². The molecule has 0 radical (unpaired) electrons. The molecule has 0 aromatic heterocycles. The van der Waals surface area contributed by atoms with Crippen LogP contribution in [0, 0.1) is 0 Å². The third-order valence-electron chi connectivity index (χ3n) is 1.82. The lowest BCUT2D eigenvalue weighted by Crippen LogP contribution is -2.35. The maximum absolute atomic E-state index is 5.42. The Bertz CT molecular complexity index is 127. The number of hydrogen-bond acceptors (Lipinski definition) is 2. The van der Waals surface area contributed by atoms with Crippen molar-refractivity contribution in [1.82, 2.24) is 0 Å². The molecule has 0 bridgehead atoms. The van der Waals surface area contributed by atoms with Gasteiger partial charge in [0.15, 0.2) is 0 Å². The molecule has 1 fully saturated rings. The van der Waals surface area contributed by atoms with E-state index in [0.29, 0.717) is 6.10 Å². The summed E-state index contributed by atoms with van der Waals surface area (Å²) in [7, 11) is 6.60. The summed E-state index contributed by atoms with van der Waals surface area (Å²) >= 11 is 0. The van der Waals surface area contributed by atoms with Gasteiger partial charge < -0.3 is 14.0 Å². The van der Waals surface area contributed by atoms with Crippen molar-refractivity contribution in [2.24, 2.45) is 0 Å². The highest BCUT2D eigenvalue weighted by molar-refractivity contribution is 4.66. The van der Waals surface area contributed by atoms with Gasteiger partial charge >= 0.3 is 0 Å². The van der Waals surface area contributed by atoms with E-state index >= 15 is 0 Å². The van der Waals surface area contributed by atoms with E-state index < -0.39 is 0 Å². The van der Waals surface area contributed by atoms with Gasteiger partial charge in [0.1, 0.15) is 6.10 Å². The molecule has 12 heavy (non-hydrogen) atoms. The summed E-state index contributed by atoms with van der Waals surface area (Å²) in [5.41, 5.74) is 0. The fourth-order valence-electron chi connectivity index (χ4n) is 1.02. The van der Waals surface area contributed by atoms with Crippen molar-refractivity contribution in [3.05, 3.63) is 0 Å². The Labute approximate surface area is 74.8 Å². The molecule has 0 N–H and O–H groups in total. The number of rotatable bonds is 6. The molecule has 1 atom stereocenters. The van der Waals surface area contributed by atoms with Crippen molar-refractivity contribution in [3.63, 3.8) is 0 Å². The average Bonchev–Trinajstić information content (AvgIpc) is 2.68. The molecular formula is C9H20NO2+. The van der Waals surface area contributed by atoms with Gasteiger partial charge in [0.25, 0.3) is 0 Å². The minimum atomic E-state index is 0.411. The number of epoxide rings is 1. The highest BCUT2D eigenvalue weighted by Crippen LogP contribution is 2.08. The summed E-state index contributed by atoms with van der Waals surface area (Å²) in [6.07, 6.45) is 1.55. The van der Waals surface area contributed by atoms with Crippen molar-refractivity contribution in [1.29, 1.82) is 0 Å². The quantitative estimate of drug-likeness (QED) is 0.332. The molecule has 1 saturated heterocycles. The SMILES string of the molecule is C[N+](C)(C)CCCOCC1CO1. The zero-order chi connectivity index (χ0) is 9.03. The van der Waals surface area contributed by atoms with Crippen molar-refractivity contribution >= 4 is 0 Å². The van der Waals surface area contributed by atoms with Crippen LogP contribution < -0.4 is 0 Å². The first kappa shape index (κ1) is 9.96. The molecule has 72 valence electrons. The second kappa shape index (κ2) is 4.21. The minimum absolute atomic E-state index is 0.411. The van der Waals surface area contributed by atoms with E-state index in [0.717, 1.165) is 30.7 Å². The van der Waals surface area contributed by atoms with Gasteiger partial charge in [-0.3, -0.25) is 0 Å². The molecule has 0 aliphatic carbocycles. The standard InChI is InChI=1S/C9H20NO2/c1-10(2,3)5-4-6-11-7-9-8-12-9/h9H,4-8H2,1-3H3/q+1. The van der Waals surface area contributed by atoms with Crippen LogP contribution in [0.2, 0.25) is 0 Å². The third-order valence-corrected chi connectivity index (χ3v) is 1.82. The van der Waals surface area contributed by atoms with Gasteiger partial charge in [-0.1, -0.05) is 0 Å². The Morgan fingerprint density at radius 1 is 1.42 bits per heavy atom. The van der Waals surface area contributed by atoms with Crippen LogP contribution in [0.3, 0.4) is 0 Å². The van der Waals surface area contributed by atoms with Crippen molar-refractivity contribution < 1.29 is 14.0 Å². The zero-order valence-corrected chi connectivity index (χ0v) is 8.38. The number of ether oxygens (including phenoxy) is 2. The Morgan fingerprint density at radius 2 is 2.08 bits per heavy atom. The van der Waals surface area contributed by atoms with E-state index in [1.54, 1.807) is 0 Å². The Morgan fingerprint density at radius 3 is 2.58 bits per heavy atom. The third kappa shape index (κ3) is 5.52. The number of hydrogen-bond donors (Lipinski definition) is 0. The van der Waals surface area contributed by atoms with Gasteiger partial charge in [0, 0.05) is 6.42 Å². The van der Waals surface area contributed by atoms with Crippen LogP contribution in [-0.4, -0.2) is 58.1 Å². The molecule has 1 heterocycles. The lowest BCUT2D eigenvalue weighted by Gasteiger charge is -2.23. The van der Waals surface area contributed by atoms with Gasteiger partial charge in [0.2, 0.25) is 0 Å². The van der Waals surface area contributed by atoms with Crippen LogP contribution in [0.25, 0.3) is 0 Å². The minimum Gasteiger partial charge on any atom is -0.378 e. The van der Waals surface area contributed by atoms with E-state index in [1.807, 2.05) is 0 Å². The Balaban J connectivity index is 1.82. The monoisotopic (exact) mass is 174 g/mol. The summed E-state index contributed by atoms with van der Waals surface area (Å²) in [5.74, 6) is 0. The van der Waals surface area contributed by atoms with Gasteiger partial charge in [-0.2, -0.15) is 0 Å². The first-order valence-corrected chi connectivity index (χ1v) is 4.58. The maximum Gasteiger partial charge on any atom is 0.104 e. The van der Waals surface area contributed by atoms with Crippen LogP contribution in [0.1, 0.15) is 6.42 Å². The molecule has 1 unspecified atom stereocenters. The highest BCUT2D eigenvalue weighted by atomic mass is 16.6. The summed E-state index contributed by atoms with van der Waals surface area (Å²) in [4.78, 5) is 0. The summed E-state index contributed by atoms with van der Waals surface area (Å²) in [5, 5.41) is 0. The molecule has 3 nitrogen and oxygen atoms in total. The molecule has 3 heteroatoms. The lowest BCUT2D eigenvalue weighted by atomic mass is 10.4. The predicted molar refractivity (Wildman–Crippen MR) is 48.1 cm³/mol. The molecule has 0 saturated carbocycles. The van der Waals surface area contributed by atoms with Gasteiger partial charge in [-0.05, 0) is 0 Å². The summed E-state index contributed by atoms with van der Waals surface area (Å²) in [6, 6.07) is 0. The molecule has 0 aromatic rings. The Hall–Kier alpha value is -0.120. The second-order valence-corrected chi connectivity index (χ2v) is 4.40. The molecule has 0 aromatic carbocycles. The lowest BCUT2D eigenvalue weighted by molar-refractivity contribution is -0.870. The first-order chi connectivity index (χ1) is 5.58. The van der Waals surface area contributed by atoms with E-state index in [2.05, 4.69) is 21.1 Å². The van der Waals surface area contributed by atoms with Crippen molar-refractivity contribution in [2.45, 2.75) is 12.5 Å². The first-order valence-electron chi connectivity index (χ1n) is 4.58. The average molecular weight is 174 g/mol. The molecular weight excluding hydrogens is 154 g/mol. The highest BCUT2D eigenvalue weighted by Gasteiger charge is 2.22. The molecule has 1 rings (SSSR count). The van der Waals surface area contributed by atoms with Crippen LogP contribution in [0.15, 0.2) is 0 Å². The van der Waals surface area contributed by atoms with E-state index in [9.17, 15) is 0 Å². The van der Waals surface area contributed by atoms with E-state index in [4.69, 9.17) is 9.47 Å². The predicted octanol–water partition coefficient (Wildman–Crippen LogP) is 0.498. The smallest absolute Gasteiger partial charge is 0.104 e. The van der Waals surface area contributed by atoms with Crippen molar-refractivity contribution in [3.8, 4) is 0 Å². The fraction of sp³-hybridized carbons (Fsp3) is 1.00. The fourth-order valence-corrected chi connectivity index (χ4v) is 1.02. The van der Waals surface area contributed by atoms with Crippen LogP contribution >= 0.6 is 0 Å². The van der Waals surface area contributed by atoms with E-state index in [1.165, 1.54) is 6.54 Å². The summed E-state index contributed by atoms with van der Waals surface area (Å²) in [6.45, 7) is 3.73. The van der Waals surface area contributed by atoms with Crippen LogP contribution in [0.4, 0.5) is 0 Å². The maximum atomic E-state index is 5.42. The molecule has 1 aliphatic rings. The number of nitrogens with zero attached hydrogens (tertiary/aromatic N) is 1. The summed E-state index contributed by atoms with van der Waals surface area (Å²) < 4.78 is 11.5. The van der Waals surface area contributed by atoms with Crippen LogP contribution in [0.5, 0.6) is 0 Å². The molecule has 0 amide bonds. The molecule has 1 aliphatic heterocycles. The number of quaternary nitrogens is 1. The van der Waals surface area contributed by atoms with Gasteiger partial charge in [-0.15, -0.1) is 0 Å². The molecule has 0 spiro atoms. The second-order valence-electron chi connectivity index (χ2n) is 4.40.